The highest BCUT2D eigenvalue weighted by Crippen LogP contribution is 2.13. The fourth-order valence-corrected chi connectivity index (χ4v) is 3.13. The summed E-state index contributed by atoms with van der Waals surface area (Å²) in [5.41, 5.74) is 1.34. The van der Waals surface area contributed by atoms with Crippen molar-refractivity contribution in [1.82, 2.24) is 16.0 Å². The van der Waals surface area contributed by atoms with E-state index in [4.69, 9.17) is 4.74 Å². The van der Waals surface area contributed by atoms with Gasteiger partial charge in [0.15, 0.2) is 0 Å². The van der Waals surface area contributed by atoms with Gasteiger partial charge in [0.2, 0.25) is 17.7 Å². The van der Waals surface area contributed by atoms with Crippen molar-refractivity contribution in [2.45, 2.75) is 52.4 Å². The molecule has 4 N–H and O–H groups in total. The Morgan fingerprint density at radius 1 is 1.03 bits per heavy atom. The third kappa shape index (κ3) is 8.46. The van der Waals surface area contributed by atoms with Gasteiger partial charge in [0.05, 0.1) is 6.10 Å². The minimum absolute atomic E-state index is 0.137. The molecular weight excluding hydrogens is 469 g/mol. The topological polar surface area (TPSA) is 134 Å². The first-order valence-corrected chi connectivity index (χ1v) is 11.5. The zero-order chi connectivity index (χ0) is 26.8. The molecular formula is C26H32FN3O6. The number of carbonyl (C=O) groups is 4. The molecule has 2 aromatic carbocycles. The Bertz CT molecular complexity index is 1090. The maximum Gasteiger partial charge on any atom is 0.246 e. The third-order valence-corrected chi connectivity index (χ3v) is 5.29. The molecule has 0 aromatic heterocycles. The summed E-state index contributed by atoms with van der Waals surface area (Å²) in [6.07, 6.45) is -0.609. The highest BCUT2D eigenvalue weighted by Gasteiger charge is 2.30. The van der Waals surface area contributed by atoms with E-state index < -0.39 is 47.6 Å². The lowest BCUT2D eigenvalue weighted by Crippen LogP contribution is -2.58. The van der Waals surface area contributed by atoms with Crippen molar-refractivity contribution in [3.05, 3.63) is 65.0 Å². The number of rotatable bonds is 12. The van der Waals surface area contributed by atoms with Crippen LogP contribution in [0.5, 0.6) is 5.75 Å². The van der Waals surface area contributed by atoms with Crippen LogP contribution >= 0.6 is 0 Å². The lowest BCUT2D eigenvalue weighted by molar-refractivity contribution is -0.135. The average Bonchev–Trinajstić information content (AvgIpc) is 2.83. The molecule has 36 heavy (non-hydrogen) atoms. The van der Waals surface area contributed by atoms with E-state index in [-0.39, 0.29) is 24.5 Å². The van der Waals surface area contributed by atoms with Gasteiger partial charge in [0.25, 0.3) is 0 Å². The Morgan fingerprint density at radius 2 is 1.75 bits per heavy atom. The second-order valence-corrected chi connectivity index (χ2v) is 8.76. The Kier molecular flexibility index (Phi) is 10.5. The summed E-state index contributed by atoms with van der Waals surface area (Å²) in [5.74, 6) is -2.55. The second kappa shape index (κ2) is 13.3. The summed E-state index contributed by atoms with van der Waals surface area (Å²) >= 11 is 0. The molecule has 0 aliphatic carbocycles. The van der Waals surface area contributed by atoms with Crippen LogP contribution in [0.1, 0.15) is 42.3 Å². The van der Waals surface area contributed by atoms with Gasteiger partial charge in [-0.25, -0.2) is 4.39 Å². The number of ether oxygens (including phenoxy) is 1. The van der Waals surface area contributed by atoms with Crippen molar-refractivity contribution >= 4 is 24.0 Å². The summed E-state index contributed by atoms with van der Waals surface area (Å²) in [6, 6.07) is 8.23. The van der Waals surface area contributed by atoms with Gasteiger partial charge < -0.3 is 25.8 Å². The van der Waals surface area contributed by atoms with Crippen LogP contribution in [-0.4, -0.2) is 53.9 Å². The van der Waals surface area contributed by atoms with Gasteiger partial charge >= 0.3 is 0 Å². The maximum absolute atomic E-state index is 14.2. The Morgan fingerprint density at radius 3 is 2.36 bits per heavy atom. The van der Waals surface area contributed by atoms with E-state index >= 15 is 0 Å². The van der Waals surface area contributed by atoms with Gasteiger partial charge in [-0.05, 0) is 37.6 Å². The third-order valence-electron chi connectivity index (χ3n) is 5.29. The zero-order valence-corrected chi connectivity index (χ0v) is 20.7. The minimum atomic E-state index is -1.32. The minimum Gasteiger partial charge on any atom is -0.491 e. The van der Waals surface area contributed by atoms with Gasteiger partial charge in [-0.3, -0.25) is 19.2 Å². The number of aliphatic hydroxyl groups excluding tert-OH is 1. The van der Waals surface area contributed by atoms with E-state index in [9.17, 15) is 28.7 Å². The van der Waals surface area contributed by atoms with Crippen LogP contribution in [0.4, 0.5) is 4.39 Å². The number of amides is 3. The number of aldehydes is 1. The molecule has 9 nitrogen and oxygen atoms in total. The van der Waals surface area contributed by atoms with E-state index in [1.165, 1.54) is 19.1 Å². The number of nitrogens with one attached hydrogen (secondary N) is 3. The SMILES string of the molecule is Cc1ccc(CNC(=O)[C@H](COc2cccc(C=O)c2)NC(=O)[C@@H](NC(=O)C(C)C)[C@@H](C)O)c(F)c1. The number of hydrogen-bond donors (Lipinski definition) is 4. The summed E-state index contributed by atoms with van der Waals surface area (Å²) in [6.45, 7) is 5.87. The van der Waals surface area contributed by atoms with Crippen LogP contribution in [0.15, 0.2) is 42.5 Å². The Labute approximate surface area is 209 Å². The molecule has 2 rings (SSSR count). The number of benzene rings is 2. The van der Waals surface area contributed by atoms with E-state index in [0.717, 1.165) is 5.56 Å². The summed E-state index contributed by atoms with van der Waals surface area (Å²) < 4.78 is 19.8. The van der Waals surface area contributed by atoms with Crippen molar-refractivity contribution < 1.29 is 33.4 Å². The van der Waals surface area contributed by atoms with Crippen LogP contribution in [0.3, 0.4) is 0 Å². The summed E-state index contributed by atoms with van der Waals surface area (Å²) in [7, 11) is 0. The van der Waals surface area contributed by atoms with Crippen LogP contribution in [0.25, 0.3) is 0 Å². The predicted octanol–water partition coefficient (Wildman–Crippen LogP) is 1.65. The molecule has 10 heteroatoms. The molecule has 194 valence electrons. The molecule has 2 aromatic rings. The van der Waals surface area contributed by atoms with Crippen molar-refractivity contribution in [1.29, 1.82) is 0 Å². The quantitative estimate of drug-likeness (QED) is 0.327. The predicted molar refractivity (Wildman–Crippen MR) is 131 cm³/mol. The molecule has 0 unspecified atom stereocenters. The van der Waals surface area contributed by atoms with E-state index in [2.05, 4.69) is 16.0 Å². The van der Waals surface area contributed by atoms with Crippen molar-refractivity contribution in [2.24, 2.45) is 5.92 Å². The van der Waals surface area contributed by atoms with Crippen molar-refractivity contribution in [3.63, 3.8) is 0 Å². The van der Waals surface area contributed by atoms with E-state index in [1.807, 2.05) is 0 Å². The largest absolute Gasteiger partial charge is 0.491 e. The van der Waals surface area contributed by atoms with Gasteiger partial charge in [0.1, 0.15) is 36.5 Å². The fraction of sp³-hybridized carbons (Fsp3) is 0.385. The van der Waals surface area contributed by atoms with Gasteiger partial charge in [0, 0.05) is 23.6 Å². The normalized spacial score (nSPS) is 13.3. The van der Waals surface area contributed by atoms with Crippen LogP contribution in [-0.2, 0) is 20.9 Å². The summed E-state index contributed by atoms with van der Waals surface area (Å²) in [4.78, 5) is 49.0. The number of halogens is 1. The molecule has 0 heterocycles. The van der Waals surface area contributed by atoms with Crippen LogP contribution in [0, 0.1) is 18.7 Å². The van der Waals surface area contributed by atoms with Gasteiger partial charge in [-0.2, -0.15) is 0 Å². The molecule has 0 spiro atoms. The number of hydrogen-bond acceptors (Lipinski definition) is 6. The van der Waals surface area contributed by atoms with Crippen molar-refractivity contribution in [3.8, 4) is 5.75 Å². The average molecular weight is 502 g/mol. The van der Waals surface area contributed by atoms with E-state index in [0.29, 0.717) is 11.8 Å². The van der Waals surface area contributed by atoms with Crippen molar-refractivity contribution in [2.75, 3.05) is 6.61 Å². The maximum atomic E-state index is 14.2. The Hall–Kier alpha value is -3.79. The van der Waals surface area contributed by atoms with E-state index in [1.54, 1.807) is 51.1 Å². The second-order valence-electron chi connectivity index (χ2n) is 8.76. The zero-order valence-electron chi connectivity index (χ0n) is 20.7. The monoisotopic (exact) mass is 501 g/mol. The summed E-state index contributed by atoms with van der Waals surface area (Å²) in [5, 5.41) is 17.6. The number of aliphatic hydroxyl groups is 1. The van der Waals surface area contributed by atoms with Crippen LogP contribution < -0.4 is 20.7 Å². The molecule has 0 bridgehead atoms. The first-order chi connectivity index (χ1) is 17.0. The molecule has 0 radical (unpaired) electrons. The first-order valence-electron chi connectivity index (χ1n) is 11.5. The highest BCUT2D eigenvalue weighted by molar-refractivity contribution is 5.92. The molecule has 0 aliphatic rings. The molecule has 3 atom stereocenters. The standard InChI is InChI=1S/C26H32FN3O6/c1-15(2)24(33)30-23(17(4)32)26(35)29-22(14-36-20-7-5-6-18(11-20)13-31)25(34)28-12-19-9-8-16(3)10-21(19)27/h5-11,13,15,17,22-23,32H,12,14H2,1-4H3,(H,28,34)(H,29,35)(H,30,33)/t17-,22+,23+/m1/s1. The lowest BCUT2D eigenvalue weighted by Gasteiger charge is -2.25. The molecule has 0 saturated carbocycles. The smallest absolute Gasteiger partial charge is 0.246 e. The lowest BCUT2D eigenvalue weighted by atomic mass is 10.1. The Balaban J connectivity index is 2.18. The number of carbonyl (C=O) groups excluding carboxylic acids is 4. The van der Waals surface area contributed by atoms with Gasteiger partial charge in [-0.15, -0.1) is 0 Å². The molecule has 0 aliphatic heterocycles. The first kappa shape index (κ1) is 28.4. The van der Waals surface area contributed by atoms with Gasteiger partial charge in [-0.1, -0.05) is 38.1 Å². The highest BCUT2D eigenvalue weighted by atomic mass is 19.1. The molecule has 3 amide bonds. The fourth-order valence-electron chi connectivity index (χ4n) is 3.13. The molecule has 0 saturated heterocycles. The molecule has 0 fully saturated rings. The van der Waals surface area contributed by atoms with Crippen LogP contribution in [0.2, 0.25) is 0 Å². The number of aryl methyl sites for hydroxylation is 1.